The molecule has 220 valence electrons. The molecule has 41 heavy (non-hydrogen) atoms. The van der Waals surface area contributed by atoms with Crippen LogP contribution in [0.4, 0.5) is 10.5 Å². The zero-order valence-electron chi connectivity index (χ0n) is 24.2. The molecule has 3 rings (SSSR count). The van der Waals surface area contributed by atoms with E-state index in [0.717, 1.165) is 0 Å². The van der Waals surface area contributed by atoms with Crippen molar-refractivity contribution in [2.24, 2.45) is 5.92 Å². The van der Waals surface area contributed by atoms with Crippen LogP contribution < -0.4 is 25.2 Å². The lowest BCUT2D eigenvalue weighted by molar-refractivity contribution is -0.124. The minimum Gasteiger partial charge on any atom is -0.444 e. The van der Waals surface area contributed by atoms with Gasteiger partial charge in [-0.25, -0.2) is 9.36 Å². The molecule has 2 N–H and O–H groups in total. The molecule has 0 saturated carbocycles. The summed E-state index contributed by atoms with van der Waals surface area (Å²) in [5.74, 6) is -1.33. The van der Waals surface area contributed by atoms with Gasteiger partial charge in [-0.3, -0.25) is 14.9 Å². The van der Waals surface area contributed by atoms with Gasteiger partial charge in [0.2, 0.25) is 5.91 Å². The molecular weight excluding hydrogens is 545 g/mol. The first-order valence-corrected chi connectivity index (χ1v) is 15.0. The maximum Gasteiger partial charge on any atom is 0.453 e. The van der Waals surface area contributed by atoms with Crippen molar-refractivity contribution in [3.63, 3.8) is 0 Å². The van der Waals surface area contributed by atoms with Crippen LogP contribution in [0.1, 0.15) is 54.0 Å². The zero-order chi connectivity index (χ0) is 30.2. The fourth-order valence-electron chi connectivity index (χ4n) is 3.86. The predicted octanol–water partition coefficient (Wildman–Crippen LogP) is 6.60. The number of ether oxygens (including phenoxy) is 1. The average molecular weight is 584 g/mol. The second-order valence-corrected chi connectivity index (χ2v) is 12.6. The number of anilines is 1. The first-order chi connectivity index (χ1) is 19.3. The highest BCUT2D eigenvalue weighted by Crippen LogP contribution is 2.54. The molecule has 1 heterocycles. The Hall–Kier alpha value is -4.04. The summed E-state index contributed by atoms with van der Waals surface area (Å²) in [5.41, 5.74) is -1.41. The monoisotopic (exact) mass is 583 g/mol. The van der Waals surface area contributed by atoms with Gasteiger partial charge < -0.3 is 23.7 Å². The SMILES string of the molecule is CCC(C)C(NC(=O)C(C)n1cccc(NC(=O)OC(C)(C)C)c1=O)P(=O)(Oc1ccccc1)Oc1ccccc1. The van der Waals surface area contributed by atoms with Crippen molar-refractivity contribution >= 4 is 25.3 Å². The van der Waals surface area contributed by atoms with Crippen molar-refractivity contribution in [1.82, 2.24) is 9.88 Å². The first kappa shape index (κ1) is 31.5. The van der Waals surface area contributed by atoms with Crippen LogP contribution in [0.25, 0.3) is 0 Å². The molecule has 0 saturated heterocycles. The summed E-state index contributed by atoms with van der Waals surface area (Å²) < 4.78 is 32.9. The molecule has 2 amide bonds. The van der Waals surface area contributed by atoms with E-state index in [2.05, 4.69) is 10.6 Å². The van der Waals surface area contributed by atoms with E-state index in [1.807, 2.05) is 13.8 Å². The molecule has 0 radical (unpaired) electrons. The van der Waals surface area contributed by atoms with E-state index in [9.17, 15) is 18.9 Å². The Morgan fingerprint density at radius 2 is 1.44 bits per heavy atom. The van der Waals surface area contributed by atoms with Crippen LogP contribution in [0.5, 0.6) is 11.5 Å². The molecule has 1 aromatic heterocycles. The Morgan fingerprint density at radius 1 is 0.902 bits per heavy atom. The Morgan fingerprint density at radius 3 is 1.93 bits per heavy atom. The number of rotatable bonds is 11. The van der Waals surface area contributed by atoms with Gasteiger partial charge in [0.05, 0.1) is 0 Å². The normalized spacial score (nSPS) is 13.8. The van der Waals surface area contributed by atoms with Crippen molar-refractivity contribution in [3.8, 4) is 11.5 Å². The van der Waals surface area contributed by atoms with Crippen molar-refractivity contribution < 1.29 is 27.9 Å². The molecule has 3 aromatic rings. The van der Waals surface area contributed by atoms with E-state index in [-0.39, 0.29) is 11.6 Å². The van der Waals surface area contributed by atoms with Crippen LogP contribution >= 0.6 is 7.60 Å². The minimum absolute atomic E-state index is 0.0506. The second kappa shape index (κ2) is 13.5. The van der Waals surface area contributed by atoms with E-state index >= 15 is 0 Å². The zero-order valence-corrected chi connectivity index (χ0v) is 25.1. The quantitative estimate of drug-likeness (QED) is 0.244. The Labute approximate surface area is 240 Å². The number of para-hydroxylation sites is 2. The van der Waals surface area contributed by atoms with Gasteiger partial charge in [-0.15, -0.1) is 0 Å². The van der Waals surface area contributed by atoms with E-state index in [1.54, 1.807) is 81.4 Å². The number of hydrogen-bond donors (Lipinski definition) is 2. The molecule has 0 bridgehead atoms. The molecule has 3 unspecified atom stereocenters. The lowest BCUT2D eigenvalue weighted by atomic mass is 10.1. The van der Waals surface area contributed by atoms with Crippen LogP contribution in [0, 0.1) is 5.92 Å². The predicted molar refractivity (Wildman–Crippen MR) is 158 cm³/mol. The minimum atomic E-state index is -4.08. The third-order valence-electron chi connectivity index (χ3n) is 6.17. The summed E-state index contributed by atoms with van der Waals surface area (Å²) >= 11 is 0. The smallest absolute Gasteiger partial charge is 0.444 e. The lowest BCUT2D eigenvalue weighted by Crippen LogP contribution is -2.45. The van der Waals surface area contributed by atoms with E-state index in [4.69, 9.17) is 13.8 Å². The summed E-state index contributed by atoms with van der Waals surface area (Å²) in [5, 5.41) is 5.28. The topological polar surface area (TPSA) is 125 Å². The fraction of sp³-hybridized carbons (Fsp3) is 0.367. The maximum atomic E-state index is 14.5. The van der Waals surface area contributed by atoms with Crippen molar-refractivity contribution in [1.29, 1.82) is 0 Å². The lowest BCUT2D eigenvalue weighted by Gasteiger charge is -2.32. The Bertz CT molecular complexity index is 1380. The molecule has 0 fully saturated rings. The summed E-state index contributed by atoms with van der Waals surface area (Å²) in [6.45, 7) is 10.4. The molecule has 0 spiro atoms. The molecule has 10 nitrogen and oxygen atoms in total. The average Bonchev–Trinajstić information content (AvgIpc) is 2.92. The van der Waals surface area contributed by atoms with E-state index in [1.165, 1.54) is 29.8 Å². The third kappa shape index (κ3) is 8.72. The number of pyridine rings is 1. The number of hydrogen-bond acceptors (Lipinski definition) is 7. The number of amides is 2. The van der Waals surface area contributed by atoms with Crippen LogP contribution in [0.3, 0.4) is 0 Å². The van der Waals surface area contributed by atoms with Gasteiger partial charge in [-0.05, 0) is 70.0 Å². The van der Waals surface area contributed by atoms with Gasteiger partial charge in [0, 0.05) is 6.20 Å². The maximum absolute atomic E-state index is 14.5. The van der Waals surface area contributed by atoms with E-state index < -0.39 is 42.6 Å². The molecule has 0 aliphatic heterocycles. The highest BCUT2D eigenvalue weighted by Gasteiger charge is 2.44. The summed E-state index contributed by atoms with van der Waals surface area (Å²) in [4.78, 5) is 39.0. The molecule has 0 aliphatic carbocycles. The van der Waals surface area contributed by atoms with Crippen molar-refractivity contribution in [2.75, 3.05) is 5.32 Å². The number of nitrogens with one attached hydrogen (secondary N) is 2. The van der Waals surface area contributed by atoms with Gasteiger partial charge in [-0.2, -0.15) is 0 Å². The molecule has 2 aromatic carbocycles. The van der Waals surface area contributed by atoms with Gasteiger partial charge in [-0.1, -0.05) is 56.7 Å². The first-order valence-electron chi connectivity index (χ1n) is 13.4. The number of benzene rings is 2. The third-order valence-corrected chi connectivity index (χ3v) is 8.42. The highest BCUT2D eigenvalue weighted by atomic mass is 31.2. The number of nitrogens with zero attached hydrogens (tertiary/aromatic N) is 1. The molecule has 11 heteroatoms. The van der Waals surface area contributed by atoms with Gasteiger partial charge in [0.1, 0.15) is 28.8 Å². The molecule has 3 atom stereocenters. The Kier molecular flexibility index (Phi) is 10.4. The molecular formula is C30H38N3O7P. The summed E-state index contributed by atoms with van der Waals surface area (Å²) in [7, 11) is -4.08. The molecule has 0 aliphatic rings. The standard InChI is InChI=1S/C30H38N3O7P/c1-7-21(2)27(41(37,39-23-15-10-8-11-16-23)40-24-17-12-9-13-18-24)32-26(34)22(3)33-20-14-19-25(28(33)35)31-29(36)38-30(4,5)6/h8-22,27H,7H2,1-6H3,(H,31,36)(H,32,34). The van der Waals surface area contributed by atoms with Crippen LogP contribution in [0.2, 0.25) is 0 Å². The van der Waals surface area contributed by atoms with Gasteiger partial charge in [0.15, 0.2) is 5.78 Å². The fourth-order valence-corrected chi connectivity index (χ4v) is 6.08. The van der Waals surface area contributed by atoms with Gasteiger partial charge >= 0.3 is 13.7 Å². The van der Waals surface area contributed by atoms with Crippen molar-refractivity contribution in [2.45, 2.75) is 65.4 Å². The van der Waals surface area contributed by atoms with Crippen LogP contribution in [-0.4, -0.2) is 28.0 Å². The number of aromatic nitrogens is 1. The number of carbonyl (C=O) groups excluding carboxylic acids is 2. The summed E-state index contributed by atoms with van der Waals surface area (Å²) in [6, 6.07) is 19.1. The second-order valence-electron chi connectivity index (χ2n) is 10.6. The highest BCUT2D eigenvalue weighted by molar-refractivity contribution is 7.55. The largest absolute Gasteiger partial charge is 0.453 e. The van der Waals surface area contributed by atoms with Crippen LogP contribution in [0.15, 0.2) is 83.8 Å². The van der Waals surface area contributed by atoms with E-state index in [0.29, 0.717) is 17.9 Å². The summed E-state index contributed by atoms with van der Waals surface area (Å²) in [6.07, 6.45) is 1.19. The Balaban J connectivity index is 1.92. The van der Waals surface area contributed by atoms with Gasteiger partial charge in [0.25, 0.3) is 5.56 Å². The number of carbonyl (C=O) groups is 2. The van der Waals surface area contributed by atoms with Crippen molar-refractivity contribution in [3.05, 3.63) is 89.3 Å². The van der Waals surface area contributed by atoms with Crippen LogP contribution in [-0.2, 0) is 14.1 Å².